The largest absolute Gasteiger partial charge is 0.365 e. The molecule has 5 rings (SSSR count). The van der Waals surface area contributed by atoms with Crippen molar-refractivity contribution in [2.45, 2.75) is 61.6 Å². The minimum atomic E-state index is -3.49. The monoisotopic (exact) mass is 439 g/mol. The first kappa shape index (κ1) is 19.6. The molecule has 0 aromatic heterocycles. The fraction of sp³-hybridized carbons (Fsp3) is 0.650. The number of halogens is 1. The molecule has 2 bridgehead atoms. The number of amides is 2. The van der Waals surface area contributed by atoms with E-state index < -0.39 is 20.9 Å². The van der Waals surface area contributed by atoms with E-state index in [0.717, 1.165) is 31.2 Å². The molecule has 1 aliphatic carbocycles. The van der Waals surface area contributed by atoms with Gasteiger partial charge in [0.2, 0.25) is 10.0 Å². The Morgan fingerprint density at radius 1 is 1.21 bits per heavy atom. The van der Waals surface area contributed by atoms with Gasteiger partial charge in [-0.1, -0.05) is 36.6 Å². The van der Waals surface area contributed by atoms with Gasteiger partial charge in [0.05, 0.1) is 12.6 Å². The molecule has 7 nitrogen and oxygen atoms in total. The lowest BCUT2D eigenvalue weighted by Crippen LogP contribution is -2.59. The molecule has 4 aliphatic rings. The van der Waals surface area contributed by atoms with Crippen molar-refractivity contribution >= 4 is 27.7 Å². The predicted octanol–water partition coefficient (Wildman–Crippen LogP) is 2.35. The quantitative estimate of drug-likeness (QED) is 0.784. The summed E-state index contributed by atoms with van der Waals surface area (Å²) in [5, 5.41) is 3.16. The molecule has 3 atom stereocenters. The molecule has 9 heteroatoms. The zero-order valence-corrected chi connectivity index (χ0v) is 17.8. The van der Waals surface area contributed by atoms with Crippen LogP contribution in [0.2, 0.25) is 5.02 Å². The highest BCUT2D eigenvalue weighted by atomic mass is 35.5. The molecular formula is C20H26ClN3O4S. The van der Waals surface area contributed by atoms with Crippen LogP contribution >= 0.6 is 11.6 Å². The number of hydrogen-bond acceptors (Lipinski definition) is 4. The number of carbonyl (C=O) groups is 1. The summed E-state index contributed by atoms with van der Waals surface area (Å²) in [7, 11) is -3.49. The first-order valence-corrected chi connectivity index (χ1v) is 12.2. The van der Waals surface area contributed by atoms with Crippen molar-refractivity contribution in [3.8, 4) is 0 Å². The highest BCUT2D eigenvalue weighted by Gasteiger charge is 2.65. The average Bonchev–Trinajstić information content (AvgIpc) is 3.32. The Morgan fingerprint density at radius 3 is 2.66 bits per heavy atom. The maximum absolute atomic E-state index is 13.2. The number of nitrogens with one attached hydrogen (secondary N) is 1. The molecule has 1 saturated carbocycles. The number of benzene rings is 1. The maximum Gasteiger partial charge on any atom is 0.317 e. The summed E-state index contributed by atoms with van der Waals surface area (Å²) >= 11 is 5.94. The normalized spacial score (nSPS) is 33.8. The van der Waals surface area contributed by atoms with Crippen LogP contribution in [0.3, 0.4) is 0 Å². The zero-order chi connectivity index (χ0) is 20.2. The summed E-state index contributed by atoms with van der Waals surface area (Å²) in [6.45, 7) is 1.36. The molecule has 1 N–H and O–H groups in total. The van der Waals surface area contributed by atoms with E-state index in [0.29, 0.717) is 31.1 Å². The number of sulfonamides is 1. The van der Waals surface area contributed by atoms with Gasteiger partial charge in [0.1, 0.15) is 10.9 Å². The van der Waals surface area contributed by atoms with E-state index >= 15 is 0 Å². The van der Waals surface area contributed by atoms with Crippen LogP contribution in [0.4, 0.5) is 4.79 Å². The second-order valence-corrected chi connectivity index (χ2v) is 11.3. The van der Waals surface area contributed by atoms with Crippen molar-refractivity contribution in [3.63, 3.8) is 0 Å². The summed E-state index contributed by atoms with van der Waals surface area (Å²) < 4.78 is 34.2. The standard InChI is InChI=1S/C20H26ClN3O4S/c21-15-7-5-14(6-8-15)10-24-13-20-12-23(19(25)22-16-3-1-2-4-16)11-17(28-20)9-18(20)29(24,26)27/h5-8,16-18H,1-4,9-13H2,(H,22,25)/t17-,18+,20+/m0/s1. The topological polar surface area (TPSA) is 79.0 Å². The average molecular weight is 440 g/mol. The number of morpholine rings is 1. The highest BCUT2D eigenvalue weighted by Crippen LogP contribution is 2.47. The molecule has 158 valence electrons. The fourth-order valence-corrected chi connectivity index (χ4v) is 7.79. The van der Waals surface area contributed by atoms with Gasteiger partial charge in [0.25, 0.3) is 0 Å². The molecule has 3 saturated heterocycles. The lowest BCUT2D eigenvalue weighted by molar-refractivity contribution is -0.0959. The van der Waals surface area contributed by atoms with Crippen molar-refractivity contribution in [1.82, 2.24) is 14.5 Å². The van der Waals surface area contributed by atoms with Gasteiger partial charge in [0.15, 0.2) is 0 Å². The van der Waals surface area contributed by atoms with Crippen LogP contribution in [-0.2, 0) is 21.3 Å². The Balaban J connectivity index is 1.33. The van der Waals surface area contributed by atoms with Crippen molar-refractivity contribution in [2.75, 3.05) is 19.6 Å². The van der Waals surface area contributed by atoms with Crippen LogP contribution in [-0.4, -0.2) is 66.3 Å². The van der Waals surface area contributed by atoms with E-state index in [2.05, 4.69) is 5.32 Å². The number of nitrogens with zero attached hydrogens (tertiary/aromatic N) is 2. The van der Waals surface area contributed by atoms with Crippen LogP contribution in [0.15, 0.2) is 24.3 Å². The molecule has 4 fully saturated rings. The summed E-state index contributed by atoms with van der Waals surface area (Å²) in [5.74, 6) is 0. The minimum Gasteiger partial charge on any atom is -0.365 e. The van der Waals surface area contributed by atoms with Crippen molar-refractivity contribution in [3.05, 3.63) is 34.9 Å². The zero-order valence-electron chi connectivity index (χ0n) is 16.2. The Labute approximate surface area is 176 Å². The third-order valence-electron chi connectivity index (χ3n) is 6.75. The first-order chi connectivity index (χ1) is 13.9. The fourth-order valence-electron chi connectivity index (χ4n) is 5.37. The Kier molecular flexibility index (Phi) is 4.81. The second-order valence-electron chi connectivity index (χ2n) is 8.78. The Morgan fingerprint density at radius 2 is 1.93 bits per heavy atom. The summed E-state index contributed by atoms with van der Waals surface area (Å²) in [6, 6.07) is 7.37. The number of likely N-dealkylation sites (tertiary alicyclic amines) is 1. The van der Waals surface area contributed by atoms with E-state index in [-0.39, 0.29) is 24.7 Å². The molecule has 3 aliphatic heterocycles. The lowest BCUT2D eigenvalue weighted by Gasteiger charge is -2.39. The molecule has 1 spiro atoms. The number of ether oxygens (including phenoxy) is 1. The summed E-state index contributed by atoms with van der Waals surface area (Å²) in [6.07, 6.45) is 4.59. The van der Waals surface area contributed by atoms with Crippen molar-refractivity contribution < 1.29 is 17.9 Å². The van der Waals surface area contributed by atoms with Crippen LogP contribution in [0.5, 0.6) is 0 Å². The molecule has 0 radical (unpaired) electrons. The van der Waals surface area contributed by atoms with Gasteiger partial charge in [-0.15, -0.1) is 0 Å². The molecule has 3 heterocycles. The molecule has 0 unspecified atom stereocenters. The van der Waals surface area contributed by atoms with Gasteiger partial charge in [0, 0.05) is 30.7 Å². The third-order valence-corrected chi connectivity index (χ3v) is 9.32. The molecule has 29 heavy (non-hydrogen) atoms. The maximum atomic E-state index is 13.2. The van der Waals surface area contributed by atoms with Crippen LogP contribution in [0.25, 0.3) is 0 Å². The number of fused-ring (bicyclic) bond motifs is 1. The highest BCUT2D eigenvalue weighted by molar-refractivity contribution is 7.90. The predicted molar refractivity (Wildman–Crippen MR) is 109 cm³/mol. The first-order valence-electron chi connectivity index (χ1n) is 10.3. The molecule has 1 aromatic rings. The van der Waals surface area contributed by atoms with E-state index in [4.69, 9.17) is 16.3 Å². The van der Waals surface area contributed by atoms with Gasteiger partial charge in [-0.05, 0) is 37.0 Å². The van der Waals surface area contributed by atoms with Crippen LogP contribution in [0, 0.1) is 0 Å². The SMILES string of the molecule is O=C(NC1CCCC1)N1C[C@@H]2C[C@@H]3[C@@](C1)(CN(Cc1ccc(Cl)cc1)S3(=O)=O)O2. The van der Waals surface area contributed by atoms with Crippen LogP contribution in [0.1, 0.15) is 37.7 Å². The van der Waals surface area contributed by atoms with Gasteiger partial charge < -0.3 is 15.0 Å². The van der Waals surface area contributed by atoms with E-state index in [1.165, 1.54) is 4.31 Å². The van der Waals surface area contributed by atoms with E-state index in [9.17, 15) is 13.2 Å². The summed E-state index contributed by atoms with van der Waals surface area (Å²) in [4.78, 5) is 14.6. The Bertz CT molecular complexity index is 903. The number of urea groups is 1. The molecular weight excluding hydrogens is 414 g/mol. The number of carbonyl (C=O) groups excluding carboxylic acids is 1. The minimum absolute atomic E-state index is 0.0845. The van der Waals surface area contributed by atoms with E-state index in [1.807, 2.05) is 12.1 Å². The third kappa shape index (κ3) is 3.44. The van der Waals surface area contributed by atoms with E-state index in [1.54, 1.807) is 17.0 Å². The molecule has 1 aromatic carbocycles. The van der Waals surface area contributed by atoms with Gasteiger partial charge in [-0.25, -0.2) is 13.2 Å². The summed E-state index contributed by atoms with van der Waals surface area (Å²) in [5.41, 5.74) is 0.0545. The van der Waals surface area contributed by atoms with Gasteiger partial charge in [-0.2, -0.15) is 4.31 Å². The van der Waals surface area contributed by atoms with Crippen molar-refractivity contribution in [1.29, 1.82) is 0 Å². The van der Waals surface area contributed by atoms with Gasteiger partial charge in [-0.3, -0.25) is 0 Å². The lowest BCUT2D eigenvalue weighted by atomic mass is 9.99. The van der Waals surface area contributed by atoms with Gasteiger partial charge >= 0.3 is 6.03 Å². The van der Waals surface area contributed by atoms with Crippen molar-refractivity contribution in [2.24, 2.45) is 0 Å². The van der Waals surface area contributed by atoms with Crippen LogP contribution < -0.4 is 5.32 Å². The number of hydrogen-bond donors (Lipinski definition) is 1. The Hall–Kier alpha value is -1.35. The second kappa shape index (κ2) is 7.11. The smallest absolute Gasteiger partial charge is 0.317 e. The molecule has 2 amide bonds. The number of rotatable bonds is 3.